The van der Waals surface area contributed by atoms with Crippen molar-refractivity contribution in [2.75, 3.05) is 30.1 Å². The summed E-state index contributed by atoms with van der Waals surface area (Å²) in [6.07, 6.45) is 2.60. The number of rotatable bonds is 4. The van der Waals surface area contributed by atoms with E-state index in [1.165, 1.54) is 0 Å². The predicted molar refractivity (Wildman–Crippen MR) is 70.8 cm³/mol. The number of hydrogen-bond acceptors (Lipinski definition) is 5. The van der Waals surface area contributed by atoms with Gasteiger partial charge in [-0.15, -0.1) is 0 Å². The molecule has 0 aromatic carbocycles. The standard InChI is InChI=1S/C10H20N2O3S2/c1-8-7-17(14,15)6-4-12(8)10(13)9(11)3-5-16-2/h8-9H,3-7,11H2,1-2H3/t8?,9-/m1/s1. The van der Waals surface area contributed by atoms with Crippen LogP contribution in [0.25, 0.3) is 0 Å². The Morgan fingerprint density at radius 3 is 2.76 bits per heavy atom. The molecule has 7 heteroatoms. The summed E-state index contributed by atoms with van der Waals surface area (Å²) < 4.78 is 22.8. The maximum absolute atomic E-state index is 12.0. The zero-order valence-electron chi connectivity index (χ0n) is 10.3. The van der Waals surface area contributed by atoms with E-state index in [9.17, 15) is 13.2 Å². The van der Waals surface area contributed by atoms with Crippen LogP contribution in [-0.4, -0.2) is 61.4 Å². The fourth-order valence-corrected chi connectivity index (χ4v) is 3.95. The summed E-state index contributed by atoms with van der Waals surface area (Å²) in [7, 11) is -2.98. The smallest absolute Gasteiger partial charge is 0.239 e. The molecule has 1 amide bonds. The van der Waals surface area contributed by atoms with Gasteiger partial charge in [0.25, 0.3) is 0 Å². The van der Waals surface area contributed by atoms with E-state index >= 15 is 0 Å². The lowest BCUT2D eigenvalue weighted by molar-refractivity contribution is -0.134. The third kappa shape index (κ3) is 4.15. The number of nitrogens with two attached hydrogens (primary N) is 1. The molecule has 1 aliphatic heterocycles. The Kier molecular flexibility index (Phi) is 5.27. The highest BCUT2D eigenvalue weighted by Crippen LogP contribution is 2.13. The van der Waals surface area contributed by atoms with Crippen molar-refractivity contribution in [3.05, 3.63) is 0 Å². The Labute approximate surface area is 107 Å². The van der Waals surface area contributed by atoms with Gasteiger partial charge in [-0.1, -0.05) is 0 Å². The van der Waals surface area contributed by atoms with Gasteiger partial charge in [0.1, 0.15) is 0 Å². The third-order valence-electron chi connectivity index (χ3n) is 2.90. The quantitative estimate of drug-likeness (QED) is 0.765. The molecule has 1 saturated heterocycles. The van der Waals surface area contributed by atoms with E-state index in [0.717, 1.165) is 5.75 Å². The highest BCUT2D eigenvalue weighted by Gasteiger charge is 2.33. The minimum absolute atomic E-state index is 0.0496. The molecule has 1 aliphatic rings. The lowest BCUT2D eigenvalue weighted by Gasteiger charge is -2.34. The number of hydrogen-bond donors (Lipinski definition) is 1. The van der Waals surface area contributed by atoms with Crippen molar-refractivity contribution in [1.82, 2.24) is 4.90 Å². The fourth-order valence-electron chi connectivity index (χ4n) is 1.91. The molecule has 1 rings (SSSR count). The van der Waals surface area contributed by atoms with Crippen molar-refractivity contribution in [3.63, 3.8) is 0 Å². The van der Waals surface area contributed by atoms with Crippen LogP contribution in [0.5, 0.6) is 0 Å². The number of nitrogens with zero attached hydrogens (tertiary/aromatic N) is 1. The molecule has 17 heavy (non-hydrogen) atoms. The van der Waals surface area contributed by atoms with Gasteiger partial charge in [-0.05, 0) is 25.4 Å². The Balaban J connectivity index is 2.58. The van der Waals surface area contributed by atoms with Crippen LogP contribution in [0, 0.1) is 0 Å². The Hall–Kier alpha value is -0.270. The second kappa shape index (κ2) is 6.06. The average molecular weight is 280 g/mol. The van der Waals surface area contributed by atoms with Crippen LogP contribution in [0.15, 0.2) is 0 Å². The molecular weight excluding hydrogens is 260 g/mol. The van der Waals surface area contributed by atoms with Crippen LogP contribution in [0.1, 0.15) is 13.3 Å². The lowest BCUT2D eigenvalue weighted by Crippen LogP contribution is -2.54. The number of amides is 1. The van der Waals surface area contributed by atoms with Crippen molar-refractivity contribution in [2.24, 2.45) is 5.73 Å². The molecule has 0 bridgehead atoms. The molecule has 2 atom stereocenters. The normalized spacial score (nSPS) is 25.6. The van der Waals surface area contributed by atoms with E-state index in [0.29, 0.717) is 6.42 Å². The summed E-state index contributed by atoms with van der Waals surface area (Å²) in [6.45, 7) is 2.03. The number of thioether (sulfide) groups is 1. The number of carbonyl (C=O) groups is 1. The first kappa shape index (κ1) is 14.8. The fraction of sp³-hybridized carbons (Fsp3) is 0.900. The maximum atomic E-state index is 12.0. The summed E-state index contributed by atoms with van der Waals surface area (Å²) in [4.78, 5) is 13.6. The van der Waals surface area contributed by atoms with Crippen molar-refractivity contribution in [2.45, 2.75) is 25.4 Å². The minimum atomic E-state index is -2.98. The first-order valence-corrected chi connectivity index (χ1v) is 8.84. The van der Waals surface area contributed by atoms with Crippen molar-refractivity contribution in [1.29, 1.82) is 0 Å². The minimum Gasteiger partial charge on any atom is -0.337 e. The first-order valence-electron chi connectivity index (χ1n) is 5.63. The highest BCUT2D eigenvalue weighted by molar-refractivity contribution is 7.98. The number of carbonyl (C=O) groups excluding carboxylic acids is 1. The molecule has 0 saturated carbocycles. The van der Waals surface area contributed by atoms with Crippen molar-refractivity contribution >= 4 is 27.5 Å². The predicted octanol–water partition coefficient (Wildman–Crippen LogP) is -0.288. The molecule has 0 aromatic rings. The topological polar surface area (TPSA) is 80.5 Å². The molecule has 2 N–H and O–H groups in total. The second-order valence-corrected chi connectivity index (χ2v) is 7.60. The van der Waals surface area contributed by atoms with Gasteiger partial charge < -0.3 is 10.6 Å². The Morgan fingerprint density at radius 1 is 1.59 bits per heavy atom. The molecule has 100 valence electrons. The average Bonchev–Trinajstić information content (AvgIpc) is 2.23. The van der Waals surface area contributed by atoms with Gasteiger partial charge >= 0.3 is 0 Å². The zero-order chi connectivity index (χ0) is 13.1. The third-order valence-corrected chi connectivity index (χ3v) is 5.34. The molecule has 1 heterocycles. The molecule has 5 nitrogen and oxygen atoms in total. The summed E-state index contributed by atoms with van der Waals surface area (Å²) in [6, 6.07) is -0.771. The van der Waals surface area contributed by atoms with Gasteiger partial charge in [0.05, 0.1) is 17.5 Å². The number of sulfone groups is 1. The molecule has 0 radical (unpaired) electrons. The van der Waals surface area contributed by atoms with E-state index in [1.807, 2.05) is 6.26 Å². The summed E-state index contributed by atoms with van der Waals surface area (Å²) >= 11 is 1.65. The molecule has 0 aliphatic carbocycles. The van der Waals surface area contributed by atoms with Crippen molar-refractivity contribution < 1.29 is 13.2 Å². The molecule has 0 spiro atoms. The van der Waals surface area contributed by atoms with E-state index in [-0.39, 0.29) is 30.0 Å². The van der Waals surface area contributed by atoms with E-state index < -0.39 is 15.9 Å². The van der Waals surface area contributed by atoms with E-state index in [4.69, 9.17) is 5.73 Å². The van der Waals surface area contributed by atoms with E-state index in [1.54, 1.807) is 23.6 Å². The lowest BCUT2D eigenvalue weighted by atomic mass is 10.2. The van der Waals surface area contributed by atoms with Crippen LogP contribution < -0.4 is 5.73 Å². The Bertz CT molecular complexity index is 370. The largest absolute Gasteiger partial charge is 0.337 e. The van der Waals surface area contributed by atoms with Gasteiger partial charge in [0.2, 0.25) is 5.91 Å². The summed E-state index contributed by atoms with van der Waals surface area (Å²) in [5, 5.41) is 0. The van der Waals surface area contributed by atoms with Crippen LogP contribution >= 0.6 is 11.8 Å². The second-order valence-electron chi connectivity index (χ2n) is 4.38. The zero-order valence-corrected chi connectivity index (χ0v) is 11.9. The monoisotopic (exact) mass is 280 g/mol. The van der Waals surface area contributed by atoms with Gasteiger partial charge in [-0.25, -0.2) is 8.42 Å². The van der Waals surface area contributed by atoms with E-state index in [2.05, 4.69) is 0 Å². The van der Waals surface area contributed by atoms with Gasteiger partial charge in [0.15, 0.2) is 9.84 Å². The van der Waals surface area contributed by atoms with Gasteiger partial charge in [-0.3, -0.25) is 4.79 Å². The maximum Gasteiger partial charge on any atom is 0.239 e. The highest BCUT2D eigenvalue weighted by atomic mass is 32.2. The summed E-state index contributed by atoms with van der Waals surface area (Å²) in [5.41, 5.74) is 5.81. The molecule has 0 aromatic heterocycles. The SMILES string of the molecule is CSCC[C@@H](N)C(=O)N1CCS(=O)(=O)CC1C. The van der Waals surface area contributed by atoms with Gasteiger partial charge in [-0.2, -0.15) is 11.8 Å². The van der Waals surface area contributed by atoms with Crippen LogP contribution in [-0.2, 0) is 14.6 Å². The van der Waals surface area contributed by atoms with Crippen LogP contribution in [0.2, 0.25) is 0 Å². The summed E-state index contributed by atoms with van der Waals surface area (Å²) in [5.74, 6) is 0.821. The van der Waals surface area contributed by atoms with Crippen LogP contribution in [0.3, 0.4) is 0 Å². The first-order chi connectivity index (χ1) is 7.87. The van der Waals surface area contributed by atoms with Crippen LogP contribution in [0.4, 0.5) is 0 Å². The molecule has 1 fully saturated rings. The van der Waals surface area contributed by atoms with Crippen molar-refractivity contribution in [3.8, 4) is 0 Å². The molecular formula is C10H20N2O3S2. The molecule has 1 unspecified atom stereocenters. The Morgan fingerprint density at radius 2 is 2.24 bits per heavy atom. The van der Waals surface area contributed by atoms with Gasteiger partial charge in [0, 0.05) is 12.6 Å².